The maximum Gasteiger partial charge on any atom is 0.331 e. The Labute approximate surface area is 274 Å². The Hall–Kier alpha value is -2.64. The molecule has 0 radical (unpaired) electrons. The van der Waals surface area contributed by atoms with Crippen molar-refractivity contribution >= 4 is 18.0 Å². The number of allylic oxidation sites excluding steroid dienone is 2. The molecule has 10 atom stereocenters. The van der Waals surface area contributed by atoms with Crippen molar-refractivity contribution in [3.8, 4) is 5.75 Å². The molecule has 6 rings (SSSR count). The van der Waals surface area contributed by atoms with Crippen LogP contribution in [0, 0.1) is 50.2 Å². The molecule has 0 aliphatic heterocycles. The molecule has 5 aliphatic rings. The number of rotatable bonds is 5. The van der Waals surface area contributed by atoms with Crippen LogP contribution in [0.15, 0.2) is 42.0 Å². The van der Waals surface area contributed by atoms with E-state index in [1.807, 2.05) is 6.92 Å². The zero-order valence-electron chi connectivity index (χ0n) is 28.5. The number of carbonyl (C=O) groups excluding carboxylic acids is 1. The van der Waals surface area contributed by atoms with Crippen molar-refractivity contribution in [2.45, 2.75) is 112 Å². The molecule has 4 saturated carbocycles. The molecular formula is C39H54O7. The van der Waals surface area contributed by atoms with Crippen molar-refractivity contribution in [1.82, 2.24) is 0 Å². The lowest BCUT2D eigenvalue weighted by Gasteiger charge is -2.71. The van der Waals surface area contributed by atoms with Gasteiger partial charge in [-0.1, -0.05) is 65.3 Å². The summed E-state index contributed by atoms with van der Waals surface area (Å²) in [4.78, 5) is 26.0. The van der Waals surface area contributed by atoms with Crippen LogP contribution in [0.5, 0.6) is 5.75 Å². The van der Waals surface area contributed by atoms with Crippen LogP contribution < -0.4 is 0 Å². The van der Waals surface area contributed by atoms with E-state index in [0.717, 1.165) is 50.5 Å². The molecular weight excluding hydrogens is 580 g/mol. The molecule has 10 unspecified atom stereocenters. The molecule has 0 spiro atoms. The first-order valence-electron chi connectivity index (χ1n) is 17.4. The molecule has 7 heteroatoms. The minimum atomic E-state index is -0.935. The van der Waals surface area contributed by atoms with E-state index in [1.54, 1.807) is 30.3 Å². The number of esters is 1. The van der Waals surface area contributed by atoms with E-state index < -0.39 is 35.0 Å². The smallest absolute Gasteiger partial charge is 0.331 e. The topological polar surface area (TPSA) is 124 Å². The van der Waals surface area contributed by atoms with Crippen LogP contribution in [0.25, 0.3) is 6.08 Å². The van der Waals surface area contributed by atoms with Crippen LogP contribution in [0.4, 0.5) is 0 Å². The Morgan fingerprint density at radius 1 is 0.935 bits per heavy atom. The molecule has 4 N–H and O–H groups in total. The lowest BCUT2D eigenvalue weighted by atomic mass is 9.33. The molecule has 7 nitrogen and oxygen atoms in total. The van der Waals surface area contributed by atoms with Gasteiger partial charge in [0, 0.05) is 11.5 Å². The van der Waals surface area contributed by atoms with Crippen LogP contribution in [-0.4, -0.2) is 51.2 Å². The van der Waals surface area contributed by atoms with E-state index in [1.165, 1.54) is 11.6 Å². The van der Waals surface area contributed by atoms with E-state index in [2.05, 4.69) is 40.7 Å². The number of benzene rings is 1. The van der Waals surface area contributed by atoms with E-state index in [0.29, 0.717) is 12.8 Å². The lowest BCUT2D eigenvalue weighted by Crippen LogP contribution is -2.68. The first-order valence-corrected chi connectivity index (χ1v) is 17.4. The third-order valence-corrected chi connectivity index (χ3v) is 14.7. The Morgan fingerprint density at radius 3 is 2.26 bits per heavy atom. The van der Waals surface area contributed by atoms with Crippen LogP contribution in [0.2, 0.25) is 0 Å². The van der Waals surface area contributed by atoms with Gasteiger partial charge in [0.1, 0.15) is 11.9 Å². The molecule has 0 amide bonds. The number of aromatic hydroxyl groups is 1. The predicted molar refractivity (Wildman–Crippen MR) is 176 cm³/mol. The summed E-state index contributed by atoms with van der Waals surface area (Å²) in [6.07, 6.45) is 10.8. The lowest BCUT2D eigenvalue weighted by molar-refractivity contribution is -0.249. The number of aliphatic hydroxyl groups is 2. The van der Waals surface area contributed by atoms with Gasteiger partial charge < -0.3 is 25.2 Å². The quantitative estimate of drug-likeness (QED) is 0.154. The molecule has 0 bridgehead atoms. The Bertz CT molecular complexity index is 1440. The molecule has 46 heavy (non-hydrogen) atoms. The Kier molecular flexibility index (Phi) is 7.92. The highest BCUT2D eigenvalue weighted by molar-refractivity contribution is 5.87. The third-order valence-electron chi connectivity index (χ3n) is 14.7. The number of hydrogen-bond donors (Lipinski definition) is 4. The summed E-state index contributed by atoms with van der Waals surface area (Å²) in [5.41, 5.74) is 0.128. The standard InChI is InChI=1S/C39H54O7/c1-34(2)17-19-39(33(44)45)20-18-37(5)26(27(39)21-34)12-13-30-35(3)22-28(42)32(36(4,23-40)29(35)15-16-38(30,37)6)46-31(43)14-9-24-7-10-25(41)11-8-24/h7-12,14,27-30,32,40-42H,13,15-23H2,1-6H3,(H,44,45). The number of phenols is 1. The van der Waals surface area contributed by atoms with E-state index in [-0.39, 0.29) is 51.8 Å². The first-order chi connectivity index (χ1) is 21.5. The zero-order chi connectivity index (χ0) is 33.5. The zero-order valence-corrected chi connectivity index (χ0v) is 28.5. The van der Waals surface area contributed by atoms with Crippen LogP contribution in [0.1, 0.15) is 105 Å². The number of carboxylic acids is 1. The van der Waals surface area contributed by atoms with Gasteiger partial charge in [0.15, 0.2) is 0 Å². The van der Waals surface area contributed by atoms with Crippen molar-refractivity contribution in [3.05, 3.63) is 47.6 Å². The van der Waals surface area contributed by atoms with Gasteiger partial charge in [-0.05, 0) is 121 Å². The van der Waals surface area contributed by atoms with Gasteiger partial charge in [-0.2, -0.15) is 0 Å². The molecule has 252 valence electrons. The summed E-state index contributed by atoms with van der Waals surface area (Å²) >= 11 is 0. The molecule has 0 saturated heterocycles. The molecule has 5 aliphatic carbocycles. The maximum atomic E-state index is 13.1. The van der Waals surface area contributed by atoms with Gasteiger partial charge in [-0.25, -0.2) is 4.79 Å². The summed E-state index contributed by atoms with van der Waals surface area (Å²) in [5.74, 6) is -0.769. The highest BCUT2D eigenvalue weighted by Crippen LogP contribution is 2.75. The highest BCUT2D eigenvalue weighted by atomic mass is 16.6. The van der Waals surface area contributed by atoms with Crippen molar-refractivity contribution in [3.63, 3.8) is 0 Å². The summed E-state index contributed by atoms with van der Waals surface area (Å²) in [5, 5.41) is 42.9. The second kappa shape index (κ2) is 10.9. The van der Waals surface area contributed by atoms with Gasteiger partial charge in [-0.3, -0.25) is 4.79 Å². The van der Waals surface area contributed by atoms with Crippen molar-refractivity contribution in [2.24, 2.45) is 50.2 Å². The fourth-order valence-corrected chi connectivity index (χ4v) is 11.9. The SMILES string of the molecule is CC1(C)CCC2(C(=O)O)CCC3(C)C(=CCC4C5(C)CC(O)C(OC(=O)C=Cc6ccc(O)cc6)C(C)(CO)C5CCC43C)C2C1. The van der Waals surface area contributed by atoms with Crippen molar-refractivity contribution < 1.29 is 34.8 Å². The van der Waals surface area contributed by atoms with Gasteiger partial charge in [0.25, 0.3) is 0 Å². The van der Waals surface area contributed by atoms with E-state index in [9.17, 15) is 30.0 Å². The summed E-state index contributed by atoms with van der Waals surface area (Å²) in [6, 6.07) is 6.49. The molecule has 0 heterocycles. The highest BCUT2D eigenvalue weighted by Gasteiger charge is 2.71. The number of aliphatic hydroxyl groups excluding tert-OH is 2. The van der Waals surface area contributed by atoms with Crippen LogP contribution in [0.3, 0.4) is 0 Å². The first kappa shape index (κ1) is 33.3. The predicted octanol–water partition coefficient (Wildman–Crippen LogP) is 7.15. The van der Waals surface area contributed by atoms with Gasteiger partial charge in [0.05, 0.1) is 18.1 Å². The fourth-order valence-electron chi connectivity index (χ4n) is 11.9. The fraction of sp³-hybridized carbons (Fsp3) is 0.692. The van der Waals surface area contributed by atoms with Crippen molar-refractivity contribution in [1.29, 1.82) is 0 Å². The second-order valence-corrected chi connectivity index (χ2v) is 17.4. The number of carboxylic acid groups (broad SMARTS) is 1. The number of hydrogen-bond acceptors (Lipinski definition) is 6. The van der Waals surface area contributed by atoms with Gasteiger partial charge in [-0.15, -0.1) is 0 Å². The van der Waals surface area contributed by atoms with E-state index >= 15 is 0 Å². The maximum absolute atomic E-state index is 13.1. The largest absolute Gasteiger partial charge is 0.508 e. The third kappa shape index (κ3) is 4.73. The summed E-state index contributed by atoms with van der Waals surface area (Å²) in [7, 11) is 0. The van der Waals surface area contributed by atoms with Gasteiger partial charge in [0.2, 0.25) is 0 Å². The normalized spacial score (nSPS) is 44.6. The van der Waals surface area contributed by atoms with Crippen LogP contribution >= 0.6 is 0 Å². The number of ether oxygens (including phenoxy) is 1. The molecule has 1 aromatic rings. The number of carbonyl (C=O) groups is 2. The van der Waals surface area contributed by atoms with E-state index in [4.69, 9.17) is 4.74 Å². The average Bonchev–Trinajstić information content (AvgIpc) is 2.98. The van der Waals surface area contributed by atoms with Crippen molar-refractivity contribution in [2.75, 3.05) is 6.61 Å². The van der Waals surface area contributed by atoms with Gasteiger partial charge >= 0.3 is 11.9 Å². The minimum Gasteiger partial charge on any atom is -0.508 e. The second-order valence-electron chi connectivity index (χ2n) is 17.4. The molecule has 4 fully saturated rings. The van der Waals surface area contributed by atoms with Crippen LogP contribution in [-0.2, 0) is 14.3 Å². The summed E-state index contributed by atoms with van der Waals surface area (Å²) < 4.78 is 5.98. The Morgan fingerprint density at radius 2 is 1.61 bits per heavy atom. The molecule has 0 aromatic heterocycles. The number of aliphatic carboxylic acids is 1. The number of phenolic OH excluding ortho intramolecular Hbond substituents is 1. The Balaban J connectivity index is 1.31. The minimum absolute atomic E-state index is 0.0271. The molecule has 1 aromatic carbocycles. The summed E-state index contributed by atoms with van der Waals surface area (Å²) in [6.45, 7) is 13.5. The number of fused-ring (bicyclic) bond motifs is 7. The monoisotopic (exact) mass is 634 g/mol. The average molecular weight is 635 g/mol.